The number of hydrogen-bond donors (Lipinski definition) is 1. The topological polar surface area (TPSA) is 84.9 Å². The molecule has 1 aliphatic rings. The summed E-state index contributed by atoms with van der Waals surface area (Å²) in [7, 11) is 1.44. The highest BCUT2D eigenvalue weighted by Gasteiger charge is 2.36. The van der Waals surface area contributed by atoms with Gasteiger partial charge in [0.05, 0.1) is 17.3 Å². The van der Waals surface area contributed by atoms with Crippen molar-refractivity contribution in [2.24, 2.45) is 0 Å². The summed E-state index contributed by atoms with van der Waals surface area (Å²) in [5.74, 6) is -1.57. The summed E-state index contributed by atoms with van der Waals surface area (Å²) >= 11 is 15.6. The molecule has 7 nitrogen and oxygen atoms in total. The van der Waals surface area contributed by atoms with Crippen LogP contribution in [0.15, 0.2) is 64.6 Å². The van der Waals surface area contributed by atoms with Crippen LogP contribution in [0.25, 0.3) is 6.08 Å². The summed E-state index contributed by atoms with van der Waals surface area (Å²) in [4.78, 5) is 38.6. The van der Waals surface area contributed by atoms with Crippen LogP contribution in [0.4, 0.5) is 14.9 Å². The summed E-state index contributed by atoms with van der Waals surface area (Å²) in [6.07, 6.45) is 1.31. The van der Waals surface area contributed by atoms with Crippen LogP contribution in [0.5, 0.6) is 11.5 Å². The highest BCUT2D eigenvalue weighted by atomic mass is 79.9. The van der Waals surface area contributed by atoms with E-state index in [1.807, 2.05) is 0 Å². The number of hydrogen-bond acceptors (Lipinski definition) is 5. The number of nitrogens with one attached hydrogen (secondary N) is 1. The average Bonchev–Trinajstić information content (AvgIpc) is 2.83. The molecule has 0 radical (unpaired) electrons. The third-order valence-electron chi connectivity index (χ3n) is 5.14. The van der Waals surface area contributed by atoms with Crippen LogP contribution in [0.3, 0.4) is 0 Å². The maximum absolute atomic E-state index is 13.3. The summed E-state index contributed by atoms with van der Waals surface area (Å²) in [6, 6.07) is 12.0. The second kappa shape index (κ2) is 10.7. The molecule has 0 aromatic heterocycles. The molecule has 0 spiro atoms. The molecule has 36 heavy (non-hydrogen) atoms. The number of barbiturate groups is 1. The van der Waals surface area contributed by atoms with Gasteiger partial charge in [-0.2, -0.15) is 0 Å². The zero-order valence-corrected chi connectivity index (χ0v) is 21.6. The van der Waals surface area contributed by atoms with E-state index in [-0.39, 0.29) is 17.9 Å². The summed E-state index contributed by atoms with van der Waals surface area (Å²) in [5.41, 5.74) is 0.939. The number of methoxy groups -OCH3 is 1. The minimum Gasteiger partial charge on any atom is -0.493 e. The lowest BCUT2D eigenvalue weighted by Gasteiger charge is -2.26. The van der Waals surface area contributed by atoms with E-state index in [4.69, 9.17) is 32.7 Å². The zero-order valence-electron chi connectivity index (χ0n) is 18.5. The first-order valence-electron chi connectivity index (χ1n) is 10.3. The van der Waals surface area contributed by atoms with Crippen LogP contribution >= 0.6 is 39.1 Å². The maximum atomic E-state index is 13.3. The Morgan fingerprint density at radius 1 is 1.06 bits per heavy atom. The summed E-state index contributed by atoms with van der Waals surface area (Å²) in [5, 5.41) is 3.07. The highest BCUT2D eigenvalue weighted by molar-refractivity contribution is 9.10. The Bertz CT molecular complexity index is 1410. The lowest BCUT2D eigenvalue weighted by Crippen LogP contribution is -2.54. The summed E-state index contributed by atoms with van der Waals surface area (Å²) in [6.45, 7) is 0.126. The van der Waals surface area contributed by atoms with Gasteiger partial charge in [-0.05, 0) is 76.1 Å². The van der Waals surface area contributed by atoms with Crippen molar-refractivity contribution in [1.82, 2.24) is 5.32 Å². The highest BCUT2D eigenvalue weighted by Crippen LogP contribution is 2.38. The number of ether oxygens (including phenoxy) is 2. The van der Waals surface area contributed by atoms with Gasteiger partial charge in [0.15, 0.2) is 11.5 Å². The van der Waals surface area contributed by atoms with Gasteiger partial charge in [-0.3, -0.25) is 14.9 Å². The number of nitrogens with zero attached hydrogens (tertiary/aromatic N) is 1. The first-order chi connectivity index (χ1) is 17.2. The van der Waals surface area contributed by atoms with Gasteiger partial charge in [0, 0.05) is 15.6 Å². The van der Waals surface area contributed by atoms with Gasteiger partial charge >= 0.3 is 6.03 Å². The molecule has 3 aromatic rings. The van der Waals surface area contributed by atoms with Crippen LogP contribution in [-0.2, 0) is 16.2 Å². The van der Waals surface area contributed by atoms with Gasteiger partial charge in [-0.25, -0.2) is 14.1 Å². The first-order valence-corrected chi connectivity index (χ1v) is 11.8. The fraction of sp³-hybridized carbons (Fsp3) is 0.0800. The number of urea groups is 1. The Morgan fingerprint density at radius 2 is 1.78 bits per heavy atom. The lowest BCUT2D eigenvalue weighted by atomic mass is 10.1. The second-order valence-corrected chi connectivity index (χ2v) is 9.19. The smallest absolute Gasteiger partial charge is 0.335 e. The molecule has 4 rings (SSSR count). The number of carbonyl (C=O) groups is 3. The normalized spacial score (nSPS) is 14.8. The molecule has 184 valence electrons. The van der Waals surface area contributed by atoms with Crippen molar-refractivity contribution in [3.05, 3.63) is 91.6 Å². The predicted molar refractivity (Wildman–Crippen MR) is 137 cm³/mol. The van der Waals surface area contributed by atoms with Gasteiger partial charge in [-0.15, -0.1) is 0 Å². The van der Waals surface area contributed by atoms with E-state index in [9.17, 15) is 18.8 Å². The predicted octanol–water partition coefficient (Wildman–Crippen LogP) is 6.15. The molecule has 0 atom stereocenters. The quantitative estimate of drug-likeness (QED) is 0.274. The van der Waals surface area contributed by atoms with Crippen LogP contribution in [0.2, 0.25) is 10.0 Å². The second-order valence-electron chi connectivity index (χ2n) is 7.49. The summed E-state index contributed by atoms with van der Waals surface area (Å²) < 4.78 is 25.1. The molecule has 0 aliphatic carbocycles. The fourth-order valence-corrected chi connectivity index (χ4v) is 4.44. The molecule has 0 unspecified atom stereocenters. The minimum atomic E-state index is -0.933. The largest absolute Gasteiger partial charge is 0.493 e. The van der Waals surface area contributed by atoms with E-state index < -0.39 is 23.7 Å². The van der Waals surface area contributed by atoms with Crippen molar-refractivity contribution in [3.8, 4) is 11.5 Å². The number of benzene rings is 3. The Hall–Kier alpha value is -3.40. The minimum absolute atomic E-state index is 0.112. The van der Waals surface area contributed by atoms with E-state index in [0.29, 0.717) is 37.1 Å². The van der Waals surface area contributed by atoms with Crippen molar-refractivity contribution >= 4 is 68.7 Å². The average molecular weight is 594 g/mol. The number of amides is 4. The molecule has 1 fully saturated rings. The van der Waals surface area contributed by atoms with Crippen LogP contribution in [0, 0.1) is 5.82 Å². The third kappa shape index (κ3) is 5.38. The van der Waals surface area contributed by atoms with Crippen molar-refractivity contribution in [1.29, 1.82) is 0 Å². The zero-order chi connectivity index (χ0) is 26.0. The van der Waals surface area contributed by atoms with Crippen LogP contribution < -0.4 is 19.7 Å². The van der Waals surface area contributed by atoms with Crippen molar-refractivity contribution in [3.63, 3.8) is 0 Å². The monoisotopic (exact) mass is 592 g/mol. The number of anilines is 1. The molecule has 0 saturated carbocycles. The molecule has 1 aliphatic heterocycles. The Labute approximate surface area is 223 Å². The first kappa shape index (κ1) is 25.7. The molecule has 3 aromatic carbocycles. The number of rotatable bonds is 6. The molecule has 0 bridgehead atoms. The molecule has 11 heteroatoms. The van der Waals surface area contributed by atoms with Gasteiger partial charge < -0.3 is 9.47 Å². The van der Waals surface area contributed by atoms with Gasteiger partial charge in [-0.1, -0.05) is 29.3 Å². The van der Waals surface area contributed by atoms with E-state index >= 15 is 0 Å². The third-order valence-corrected chi connectivity index (χ3v) is 6.31. The SMILES string of the molecule is COc1cc(/C=C2\C(=O)NC(=O)N(c3ccc(F)cc3)C2=O)cc(Br)c1OCc1ccc(Cl)cc1Cl. The molecule has 1 saturated heterocycles. The fourth-order valence-electron chi connectivity index (χ4n) is 3.40. The van der Waals surface area contributed by atoms with E-state index in [0.717, 1.165) is 17.0 Å². The standard InChI is InChI=1S/C25H16BrCl2FN2O5/c1-35-21-10-13(9-19(26)22(21)36-12-14-2-3-15(27)11-20(14)28)8-18-23(32)30-25(34)31(24(18)33)17-6-4-16(29)5-7-17/h2-11H,12H2,1H3,(H,30,32,34)/b18-8+. The molecular weight excluding hydrogens is 578 g/mol. The van der Waals surface area contributed by atoms with Crippen LogP contribution in [-0.4, -0.2) is 25.0 Å². The Morgan fingerprint density at radius 3 is 2.44 bits per heavy atom. The molecule has 4 amide bonds. The lowest BCUT2D eigenvalue weighted by molar-refractivity contribution is -0.122. The maximum Gasteiger partial charge on any atom is 0.335 e. The molecule has 1 heterocycles. The van der Waals surface area contributed by atoms with Crippen molar-refractivity contribution in [2.45, 2.75) is 6.61 Å². The van der Waals surface area contributed by atoms with E-state index in [1.54, 1.807) is 30.3 Å². The Kier molecular flexibility index (Phi) is 7.63. The van der Waals surface area contributed by atoms with Crippen LogP contribution in [0.1, 0.15) is 11.1 Å². The number of carbonyl (C=O) groups excluding carboxylic acids is 3. The number of halogens is 4. The van der Waals surface area contributed by atoms with Gasteiger partial charge in [0.2, 0.25) is 0 Å². The molecule has 1 N–H and O–H groups in total. The van der Waals surface area contributed by atoms with Crippen molar-refractivity contribution < 1.29 is 28.2 Å². The van der Waals surface area contributed by atoms with Gasteiger partial charge in [0.25, 0.3) is 11.8 Å². The number of imide groups is 2. The van der Waals surface area contributed by atoms with E-state index in [1.165, 1.54) is 25.3 Å². The van der Waals surface area contributed by atoms with E-state index in [2.05, 4.69) is 21.2 Å². The molecular formula is C25H16BrCl2FN2O5. The van der Waals surface area contributed by atoms with Gasteiger partial charge in [0.1, 0.15) is 18.0 Å². The Balaban J connectivity index is 1.64. The van der Waals surface area contributed by atoms with Crippen molar-refractivity contribution in [2.75, 3.05) is 12.0 Å².